The lowest BCUT2D eigenvalue weighted by molar-refractivity contribution is -0.119. The van der Waals surface area contributed by atoms with E-state index in [0.29, 0.717) is 11.0 Å². The number of nitrogens with zero attached hydrogens (tertiary/aromatic N) is 1. The van der Waals surface area contributed by atoms with E-state index in [1.807, 2.05) is 18.2 Å². The number of hydrogen-bond acceptors (Lipinski definition) is 3. The molecule has 0 spiro atoms. The third kappa shape index (κ3) is 4.79. The van der Waals surface area contributed by atoms with E-state index in [9.17, 15) is 4.79 Å². The van der Waals surface area contributed by atoms with Gasteiger partial charge in [0.25, 0.3) is 0 Å². The highest BCUT2D eigenvalue weighted by molar-refractivity contribution is 7.80. The normalized spacial score (nSPS) is 18.1. The van der Waals surface area contributed by atoms with E-state index < -0.39 is 0 Å². The first-order chi connectivity index (χ1) is 10.1. The van der Waals surface area contributed by atoms with Gasteiger partial charge in [-0.1, -0.05) is 42.5 Å². The van der Waals surface area contributed by atoms with Crippen molar-refractivity contribution < 1.29 is 4.79 Å². The first-order valence-electron chi connectivity index (χ1n) is 7.40. The quantitative estimate of drug-likeness (QED) is 0.812. The minimum absolute atomic E-state index is 0.0544. The van der Waals surface area contributed by atoms with E-state index >= 15 is 0 Å². The first kappa shape index (κ1) is 15.9. The third-order valence-electron chi connectivity index (χ3n) is 3.98. The summed E-state index contributed by atoms with van der Waals surface area (Å²) in [4.78, 5) is 14.0. The summed E-state index contributed by atoms with van der Waals surface area (Å²) in [6.45, 7) is 4.37. The van der Waals surface area contributed by atoms with E-state index in [0.717, 1.165) is 32.5 Å². The van der Waals surface area contributed by atoms with Crippen LogP contribution in [0.1, 0.15) is 31.2 Å². The number of benzene rings is 1. The average molecular weight is 305 g/mol. The van der Waals surface area contributed by atoms with E-state index in [1.54, 1.807) is 6.92 Å². The Morgan fingerprint density at radius 1 is 1.38 bits per heavy atom. The van der Waals surface area contributed by atoms with Crippen LogP contribution in [-0.4, -0.2) is 41.5 Å². The van der Waals surface area contributed by atoms with Gasteiger partial charge in [-0.05, 0) is 18.4 Å². The Bertz CT molecular complexity index is 484. The van der Waals surface area contributed by atoms with Gasteiger partial charge >= 0.3 is 0 Å². The Hall–Kier alpha value is -1.46. The maximum Gasteiger partial charge on any atom is 0.217 e. The minimum atomic E-state index is 0.0544. The molecular weight excluding hydrogens is 282 g/mol. The fourth-order valence-electron chi connectivity index (χ4n) is 2.85. The predicted molar refractivity (Wildman–Crippen MR) is 89.2 cm³/mol. The monoisotopic (exact) mass is 305 g/mol. The molecule has 1 aromatic carbocycles. The largest absolute Gasteiger partial charge is 0.393 e. The molecule has 1 aliphatic rings. The molecule has 114 valence electrons. The summed E-state index contributed by atoms with van der Waals surface area (Å²) in [5.41, 5.74) is 7.10. The highest BCUT2D eigenvalue weighted by Gasteiger charge is 2.23. The van der Waals surface area contributed by atoms with Crippen molar-refractivity contribution in [2.75, 3.05) is 19.6 Å². The zero-order valence-corrected chi connectivity index (χ0v) is 13.2. The van der Waals surface area contributed by atoms with Gasteiger partial charge in [0.15, 0.2) is 0 Å². The van der Waals surface area contributed by atoms with Crippen molar-refractivity contribution in [3.63, 3.8) is 0 Å². The topological polar surface area (TPSA) is 58.4 Å². The maximum absolute atomic E-state index is 11.1. The van der Waals surface area contributed by atoms with Crippen molar-refractivity contribution in [2.45, 2.75) is 31.7 Å². The zero-order valence-electron chi connectivity index (χ0n) is 12.4. The number of likely N-dealkylation sites (tertiary alicyclic amines) is 1. The Balaban J connectivity index is 1.91. The molecule has 1 atom stereocenters. The Kier molecular flexibility index (Phi) is 5.70. The average Bonchev–Trinajstić information content (AvgIpc) is 2.46. The smallest absolute Gasteiger partial charge is 0.217 e. The summed E-state index contributed by atoms with van der Waals surface area (Å²) >= 11 is 5.24. The van der Waals surface area contributed by atoms with Crippen LogP contribution in [0.15, 0.2) is 30.3 Å². The molecule has 3 N–H and O–H groups in total. The van der Waals surface area contributed by atoms with Crippen molar-refractivity contribution >= 4 is 23.1 Å². The lowest BCUT2D eigenvalue weighted by Crippen LogP contribution is -2.46. The number of rotatable bonds is 5. The molecular formula is C16H23N3OS. The standard InChI is InChI=1S/C16H23N3OS/c1-12(20)18-14-7-9-19(10-8-14)11-15(16(17)21)13-5-3-2-4-6-13/h2-6,14-15H,7-11H2,1H3,(H2,17,21)(H,18,20). The van der Waals surface area contributed by atoms with Crippen LogP contribution in [0.3, 0.4) is 0 Å². The van der Waals surface area contributed by atoms with Crippen LogP contribution >= 0.6 is 12.2 Å². The van der Waals surface area contributed by atoms with E-state index in [2.05, 4.69) is 22.3 Å². The fraction of sp³-hybridized carbons (Fsp3) is 0.500. The van der Waals surface area contributed by atoms with Gasteiger partial charge in [-0.25, -0.2) is 0 Å². The Morgan fingerprint density at radius 3 is 2.52 bits per heavy atom. The molecule has 1 fully saturated rings. The van der Waals surface area contributed by atoms with Crippen molar-refractivity contribution in [1.29, 1.82) is 0 Å². The summed E-state index contributed by atoms with van der Waals surface area (Å²) in [5.74, 6) is 0.150. The second-order valence-corrected chi connectivity index (χ2v) is 6.11. The van der Waals surface area contributed by atoms with Gasteiger partial charge < -0.3 is 16.0 Å². The number of nitrogens with two attached hydrogens (primary N) is 1. The second kappa shape index (κ2) is 7.52. The van der Waals surface area contributed by atoms with Crippen LogP contribution in [0, 0.1) is 0 Å². The summed E-state index contributed by atoms with van der Waals surface area (Å²) in [5, 5.41) is 2.99. The lowest BCUT2D eigenvalue weighted by Gasteiger charge is -2.34. The van der Waals surface area contributed by atoms with Crippen molar-refractivity contribution in [3.05, 3.63) is 35.9 Å². The van der Waals surface area contributed by atoms with Crippen molar-refractivity contribution in [3.8, 4) is 0 Å². The first-order valence-corrected chi connectivity index (χ1v) is 7.81. The molecule has 0 aliphatic carbocycles. The highest BCUT2D eigenvalue weighted by Crippen LogP contribution is 2.20. The van der Waals surface area contributed by atoms with Crippen LogP contribution in [0.25, 0.3) is 0 Å². The molecule has 2 rings (SSSR count). The molecule has 21 heavy (non-hydrogen) atoms. The number of piperidine rings is 1. The van der Waals surface area contributed by atoms with Crippen LogP contribution in [0.4, 0.5) is 0 Å². The molecule has 1 saturated heterocycles. The predicted octanol–water partition coefficient (Wildman–Crippen LogP) is 1.66. The van der Waals surface area contributed by atoms with Crippen LogP contribution in [0.5, 0.6) is 0 Å². The Labute approximate surface area is 131 Å². The third-order valence-corrected chi connectivity index (χ3v) is 4.27. The summed E-state index contributed by atoms with van der Waals surface area (Å²) in [6, 6.07) is 10.5. The number of carbonyl (C=O) groups excluding carboxylic acids is 1. The highest BCUT2D eigenvalue weighted by atomic mass is 32.1. The molecule has 1 unspecified atom stereocenters. The molecule has 1 heterocycles. The van der Waals surface area contributed by atoms with Gasteiger partial charge in [0.1, 0.15) is 0 Å². The van der Waals surface area contributed by atoms with Gasteiger partial charge in [-0.15, -0.1) is 0 Å². The number of carbonyl (C=O) groups is 1. The summed E-state index contributed by atoms with van der Waals surface area (Å²) in [6.07, 6.45) is 1.97. The molecule has 0 radical (unpaired) electrons. The van der Waals surface area contributed by atoms with Gasteiger partial charge in [0.2, 0.25) is 5.91 Å². The van der Waals surface area contributed by atoms with Crippen molar-refractivity contribution in [1.82, 2.24) is 10.2 Å². The molecule has 0 aromatic heterocycles. The summed E-state index contributed by atoms with van der Waals surface area (Å²) < 4.78 is 0. The van der Waals surface area contributed by atoms with Gasteiger partial charge in [-0.3, -0.25) is 4.79 Å². The van der Waals surface area contributed by atoms with Crippen LogP contribution in [-0.2, 0) is 4.79 Å². The Morgan fingerprint density at radius 2 is 2.00 bits per heavy atom. The van der Waals surface area contributed by atoms with E-state index in [1.165, 1.54) is 5.56 Å². The van der Waals surface area contributed by atoms with Crippen LogP contribution < -0.4 is 11.1 Å². The molecule has 0 bridgehead atoms. The van der Waals surface area contributed by atoms with E-state index in [-0.39, 0.29) is 11.8 Å². The minimum Gasteiger partial charge on any atom is -0.393 e. The second-order valence-electron chi connectivity index (χ2n) is 5.64. The zero-order chi connectivity index (χ0) is 15.2. The van der Waals surface area contributed by atoms with Crippen LogP contribution in [0.2, 0.25) is 0 Å². The molecule has 4 nitrogen and oxygen atoms in total. The number of hydrogen-bond donors (Lipinski definition) is 2. The van der Waals surface area contributed by atoms with Gasteiger partial charge in [0, 0.05) is 38.5 Å². The maximum atomic E-state index is 11.1. The molecule has 5 heteroatoms. The molecule has 0 saturated carbocycles. The molecule has 1 amide bonds. The van der Waals surface area contributed by atoms with Crippen molar-refractivity contribution in [2.24, 2.45) is 5.73 Å². The number of nitrogens with one attached hydrogen (secondary N) is 1. The fourth-order valence-corrected chi connectivity index (χ4v) is 3.06. The summed E-state index contributed by atoms with van der Waals surface area (Å²) in [7, 11) is 0. The number of thiocarbonyl (C=S) groups is 1. The van der Waals surface area contributed by atoms with Gasteiger partial charge in [-0.2, -0.15) is 0 Å². The van der Waals surface area contributed by atoms with E-state index in [4.69, 9.17) is 18.0 Å². The van der Waals surface area contributed by atoms with Gasteiger partial charge in [0.05, 0.1) is 4.99 Å². The SMILES string of the molecule is CC(=O)NC1CCN(CC(C(N)=S)c2ccccc2)CC1. The molecule has 1 aliphatic heterocycles. The lowest BCUT2D eigenvalue weighted by atomic mass is 9.96. The molecule has 1 aromatic rings. The number of amides is 1.